The average Bonchev–Trinajstić information content (AvgIpc) is 2.44. The van der Waals surface area contributed by atoms with Crippen molar-refractivity contribution in [3.63, 3.8) is 0 Å². The van der Waals surface area contributed by atoms with E-state index in [1.807, 2.05) is 0 Å². The van der Waals surface area contributed by atoms with Gasteiger partial charge in [0.1, 0.15) is 0 Å². The molecule has 0 saturated heterocycles. The van der Waals surface area contributed by atoms with Gasteiger partial charge in [-0.2, -0.15) is 0 Å². The zero-order valence-electron chi connectivity index (χ0n) is 8.72. The van der Waals surface area contributed by atoms with Gasteiger partial charge in [-0.15, -0.1) is 0 Å². The van der Waals surface area contributed by atoms with E-state index in [1.54, 1.807) is 0 Å². The molecule has 6 heteroatoms. The molecule has 0 spiro atoms. The van der Waals surface area contributed by atoms with Gasteiger partial charge in [0.2, 0.25) is 0 Å². The van der Waals surface area contributed by atoms with Crippen molar-refractivity contribution in [2.24, 2.45) is 0 Å². The summed E-state index contributed by atoms with van der Waals surface area (Å²) in [7, 11) is 2.14. The quantitative estimate of drug-likeness (QED) is 0.455. The molecule has 0 fully saturated rings. The summed E-state index contributed by atoms with van der Waals surface area (Å²) < 4.78 is 1.09. The zero-order chi connectivity index (χ0) is 10.8. The average molecular weight is 581 g/mol. The van der Waals surface area contributed by atoms with E-state index in [1.165, 1.54) is 19.4 Å². The molecule has 1 rings (SSSR count). The molecule has 0 aliphatic carbocycles. The molecule has 0 saturated carbocycles. The number of nitrogens with zero attached hydrogens (tertiary/aromatic N) is 2. The van der Waals surface area contributed by atoms with Gasteiger partial charge in [-0.1, -0.05) is 0 Å². The van der Waals surface area contributed by atoms with Gasteiger partial charge in [0, 0.05) is 0 Å². The number of unbranched alkanes of at least 4 members (excludes halogenated alkanes) is 1. The van der Waals surface area contributed by atoms with Crippen molar-refractivity contribution >= 4 is 35.7 Å². The molecule has 0 aromatic rings. The number of quaternary nitrogens is 1. The van der Waals surface area contributed by atoms with Crippen molar-refractivity contribution in [2.75, 3.05) is 20.3 Å². The van der Waals surface area contributed by atoms with Gasteiger partial charge < -0.3 is 0 Å². The van der Waals surface area contributed by atoms with Gasteiger partial charge in [0.25, 0.3) is 0 Å². The van der Waals surface area contributed by atoms with Gasteiger partial charge >= 0.3 is 110 Å². The van der Waals surface area contributed by atoms with Gasteiger partial charge in [-0.25, -0.2) is 0 Å². The minimum absolute atomic E-state index is 1.09. The van der Waals surface area contributed by atoms with E-state index in [0.29, 0.717) is 0 Å². The topological polar surface area (TPSA) is 3.24 Å². The van der Waals surface area contributed by atoms with Crippen molar-refractivity contribution in [2.45, 2.75) is 19.8 Å². The maximum atomic E-state index is 3.88. The second kappa shape index (κ2) is 5.47. The molecular formula is C8H16Br3HgN2+. The van der Waals surface area contributed by atoms with E-state index in [9.17, 15) is 0 Å². The summed E-state index contributed by atoms with van der Waals surface area (Å²) in [5.74, 6) is 0. The Bertz CT molecular complexity index is 229. The van der Waals surface area contributed by atoms with Crippen LogP contribution in [0.3, 0.4) is 0 Å². The molecule has 0 aromatic carbocycles. The Kier molecular flexibility index (Phi) is 5.45. The van der Waals surface area contributed by atoms with E-state index >= 15 is 0 Å². The Morgan fingerprint density at radius 3 is 2.43 bits per heavy atom. The van der Waals surface area contributed by atoms with Crippen LogP contribution >= 0.6 is 35.7 Å². The van der Waals surface area contributed by atoms with Crippen LogP contribution in [0.5, 0.6) is 0 Å². The second-order valence-corrected chi connectivity index (χ2v) is 96.5. The minimum atomic E-state index is -2.73. The molecule has 0 aromatic heterocycles. The molecular weight excluding hydrogens is 564 g/mol. The number of rotatable bonds is 4. The third kappa shape index (κ3) is 3.18. The third-order valence-electron chi connectivity index (χ3n) is 2.81. The molecule has 1 atom stereocenters. The molecule has 1 heterocycles. The molecule has 1 aliphatic rings. The fourth-order valence-corrected chi connectivity index (χ4v) is 22.7. The van der Waals surface area contributed by atoms with Crippen molar-refractivity contribution < 1.29 is 16.7 Å². The van der Waals surface area contributed by atoms with Crippen LogP contribution in [0.25, 0.3) is 0 Å². The molecule has 1 unspecified atom stereocenters. The first-order valence-corrected chi connectivity index (χ1v) is 43.3. The first kappa shape index (κ1) is 13.9. The van der Waals surface area contributed by atoms with Crippen molar-refractivity contribution in [1.82, 2.24) is 4.90 Å². The van der Waals surface area contributed by atoms with Crippen molar-refractivity contribution in [1.29, 1.82) is 0 Å². The van der Waals surface area contributed by atoms with Crippen LogP contribution in [0, 0.1) is 0 Å². The summed E-state index contributed by atoms with van der Waals surface area (Å²) in [6, 6.07) is 0. The van der Waals surface area contributed by atoms with Gasteiger partial charge in [0.15, 0.2) is 0 Å². The van der Waals surface area contributed by atoms with E-state index in [2.05, 4.69) is 67.0 Å². The second-order valence-electron chi connectivity index (χ2n) is 4.15. The van der Waals surface area contributed by atoms with E-state index in [-0.39, 0.29) is 0 Å². The Labute approximate surface area is 108 Å². The van der Waals surface area contributed by atoms with Crippen LogP contribution < -0.4 is 0 Å². The standard InChI is InChI=1S/C8H16N2.3BrH.Hg/c1-3-4-5-10-7-6-9(2)8-10;;;;/h6-7H,3-5,8H2,1-2H3;3*1H;/q;;;;+4/p-3. The van der Waals surface area contributed by atoms with Crippen LogP contribution in [-0.4, -0.2) is 27.4 Å². The summed E-state index contributed by atoms with van der Waals surface area (Å²) in [6.45, 7) is 4.57. The summed E-state index contributed by atoms with van der Waals surface area (Å²) in [5, 5.41) is 0. The molecule has 0 radical (unpaired) electrons. The summed E-state index contributed by atoms with van der Waals surface area (Å²) in [4.78, 5) is 2.26. The fourth-order valence-electron chi connectivity index (χ4n) is 1.82. The predicted octanol–water partition coefficient (Wildman–Crippen LogP) is 3.98. The van der Waals surface area contributed by atoms with Crippen LogP contribution in [0.15, 0.2) is 12.4 Å². The predicted molar refractivity (Wildman–Crippen MR) is 68.6 cm³/mol. The molecule has 14 heavy (non-hydrogen) atoms. The Balaban J connectivity index is 2.77. The molecule has 0 N–H and O–H groups in total. The van der Waals surface area contributed by atoms with Gasteiger partial charge in [-0.05, 0) is 0 Å². The number of hydrogen-bond donors (Lipinski definition) is 0. The van der Waals surface area contributed by atoms with Crippen LogP contribution in [0.2, 0.25) is 0 Å². The monoisotopic (exact) mass is 579 g/mol. The Morgan fingerprint density at radius 1 is 1.43 bits per heavy atom. The first-order chi connectivity index (χ1) is 6.41. The summed E-state index contributed by atoms with van der Waals surface area (Å²) >= 11 is 8.92. The molecule has 0 amide bonds. The maximum absolute atomic E-state index is 3.88. The molecule has 2 nitrogen and oxygen atoms in total. The molecule has 80 valence electrons. The summed E-state index contributed by atoms with van der Waals surface area (Å²) in [5.41, 5.74) is 0. The van der Waals surface area contributed by atoms with Crippen molar-refractivity contribution in [3.05, 3.63) is 12.4 Å². The van der Waals surface area contributed by atoms with Crippen molar-refractivity contribution in [3.8, 4) is 0 Å². The molecule has 1 aliphatic heterocycles. The van der Waals surface area contributed by atoms with Gasteiger partial charge in [0.05, 0.1) is 0 Å². The fraction of sp³-hybridized carbons (Fsp3) is 0.750. The number of hydrogen-bond acceptors (Lipinski definition) is 1. The number of halogens is 3. The van der Waals surface area contributed by atoms with E-state index in [0.717, 1.165) is 8.92 Å². The molecule has 0 bridgehead atoms. The van der Waals surface area contributed by atoms with E-state index in [4.69, 9.17) is 0 Å². The van der Waals surface area contributed by atoms with Crippen LogP contribution in [0.4, 0.5) is 0 Å². The SMILES string of the molecule is CCCC[N+]1([Hg]([Br])([Br])[Br])C=CN(C)C1. The van der Waals surface area contributed by atoms with Gasteiger partial charge in [-0.3, -0.25) is 0 Å². The van der Waals surface area contributed by atoms with Crippen LogP contribution in [0.1, 0.15) is 19.8 Å². The zero-order valence-corrected chi connectivity index (χ0v) is 19.0. The summed E-state index contributed by atoms with van der Waals surface area (Å²) in [6.07, 6.45) is 7.07. The third-order valence-corrected chi connectivity index (χ3v) is 37.5. The van der Waals surface area contributed by atoms with Crippen LogP contribution in [-0.2, 0) is 14.5 Å². The van der Waals surface area contributed by atoms with E-state index < -0.39 is 14.5 Å². The normalized spacial score (nSPS) is 26.2. The Morgan fingerprint density at radius 2 is 2.07 bits per heavy atom. The first-order valence-electron chi connectivity index (χ1n) is 5.07. The Hall–Kier alpha value is 1.88.